The minimum atomic E-state index is -0.619. The first-order valence-corrected chi connectivity index (χ1v) is 11.4. The fraction of sp³-hybridized carbons (Fsp3) is 0.148. The first-order valence-electron chi connectivity index (χ1n) is 11.0. The molecule has 3 aromatic rings. The molecule has 0 bridgehead atoms. The Labute approximate surface area is 213 Å². The van der Waals surface area contributed by atoms with Crippen molar-refractivity contribution < 1.29 is 23.9 Å². The average Bonchev–Trinajstić information content (AvgIpc) is 3.09. The molecule has 3 amide bonds. The monoisotopic (exact) mass is 505 g/mol. The Bertz CT molecular complexity index is 1400. The van der Waals surface area contributed by atoms with Gasteiger partial charge in [0.2, 0.25) is 0 Å². The highest BCUT2D eigenvalue weighted by Crippen LogP contribution is 2.32. The lowest BCUT2D eigenvalue weighted by Crippen LogP contribution is -2.32. The van der Waals surface area contributed by atoms with Gasteiger partial charge in [-0.3, -0.25) is 14.4 Å². The lowest BCUT2D eigenvalue weighted by Gasteiger charge is -2.16. The number of carbonyl (C=O) groups excluding carboxylic acids is 3. The Morgan fingerprint density at radius 2 is 1.58 bits per heavy atom. The van der Waals surface area contributed by atoms with Crippen molar-refractivity contribution in [2.75, 3.05) is 29.8 Å². The van der Waals surface area contributed by atoms with Crippen LogP contribution >= 0.6 is 11.6 Å². The SMILES string of the molecule is COc1ccc(NC(=O)c2ccc(C)c(NC3=C(Cl)C(=O)N(c4ccc(C)cc4)C3=O)c2)c(OC)c1. The lowest BCUT2D eigenvalue weighted by molar-refractivity contribution is -0.120. The molecule has 1 heterocycles. The van der Waals surface area contributed by atoms with E-state index in [0.717, 1.165) is 16.0 Å². The molecule has 0 spiro atoms. The molecule has 0 saturated heterocycles. The topological polar surface area (TPSA) is 97.0 Å². The third kappa shape index (κ3) is 4.76. The quantitative estimate of drug-likeness (QED) is 0.438. The van der Waals surface area contributed by atoms with Crippen LogP contribution in [0.1, 0.15) is 21.5 Å². The van der Waals surface area contributed by atoms with Gasteiger partial charge in [-0.15, -0.1) is 0 Å². The normalized spacial score (nSPS) is 13.2. The van der Waals surface area contributed by atoms with Crippen LogP contribution in [-0.2, 0) is 9.59 Å². The van der Waals surface area contributed by atoms with Crippen molar-refractivity contribution in [3.63, 3.8) is 0 Å². The van der Waals surface area contributed by atoms with Gasteiger partial charge >= 0.3 is 0 Å². The number of ether oxygens (including phenoxy) is 2. The molecule has 8 nitrogen and oxygen atoms in total. The number of aryl methyl sites for hydroxylation is 2. The molecular formula is C27H24ClN3O5. The van der Waals surface area contributed by atoms with E-state index in [1.165, 1.54) is 14.2 Å². The van der Waals surface area contributed by atoms with Crippen LogP contribution in [0.15, 0.2) is 71.4 Å². The Morgan fingerprint density at radius 3 is 2.25 bits per heavy atom. The number of carbonyl (C=O) groups is 3. The molecule has 184 valence electrons. The predicted octanol–water partition coefficient (Wildman–Crippen LogP) is 5.01. The summed E-state index contributed by atoms with van der Waals surface area (Å²) in [5.41, 5.74) is 3.36. The Morgan fingerprint density at radius 1 is 0.861 bits per heavy atom. The van der Waals surface area contributed by atoms with E-state index in [0.29, 0.717) is 34.1 Å². The van der Waals surface area contributed by atoms with Crippen LogP contribution in [-0.4, -0.2) is 31.9 Å². The van der Waals surface area contributed by atoms with Gasteiger partial charge < -0.3 is 20.1 Å². The Balaban J connectivity index is 1.58. The van der Waals surface area contributed by atoms with E-state index in [1.54, 1.807) is 60.7 Å². The number of methoxy groups -OCH3 is 2. The third-order valence-corrected chi connectivity index (χ3v) is 6.09. The van der Waals surface area contributed by atoms with Crippen molar-refractivity contribution in [3.05, 3.63) is 88.1 Å². The summed E-state index contributed by atoms with van der Waals surface area (Å²) < 4.78 is 10.5. The molecule has 0 fully saturated rings. The summed E-state index contributed by atoms with van der Waals surface area (Å²) in [6.07, 6.45) is 0. The fourth-order valence-electron chi connectivity index (χ4n) is 3.67. The van der Waals surface area contributed by atoms with Gasteiger partial charge in [0, 0.05) is 17.3 Å². The van der Waals surface area contributed by atoms with Crippen LogP contribution in [0.5, 0.6) is 11.5 Å². The van der Waals surface area contributed by atoms with Crippen LogP contribution in [0.2, 0.25) is 0 Å². The van der Waals surface area contributed by atoms with E-state index in [1.807, 2.05) is 13.8 Å². The summed E-state index contributed by atoms with van der Waals surface area (Å²) >= 11 is 6.27. The van der Waals surface area contributed by atoms with Gasteiger partial charge in [0.1, 0.15) is 22.2 Å². The number of hydrogen-bond donors (Lipinski definition) is 2. The van der Waals surface area contributed by atoms with Gasteiger partial charge in [0.05, 0.1) is 25.6 Å². The third-order valence-electron chi connectivity index (χ3n) is 5.74. The molecule has 4 rings (SSSR count). The van der Waals surface area contributed by atoms with Crippen molar-refractivity contribution in [3.8, 4) is 11.5 Å². The molecule has 0 aliphatic carbocycles. The number of anilines is 3. The first-order chi connectivity index (χ1) is 17.2. The molecule has 0 saturated carbocycles. The lowest BCUT2D eigenvalue weighted by atomic mass is 10.1. The second-order valence-electron chi connectivity index (χ2n) is 8.15. The maximum Gasteiger partial charge on any atom is 0.283 e. The number of benzene rings is 3. The largest absolute Gasteiger partial charge is 0.497 e. The Hall–Kier alpha value is -4.30. The minimum Gasteiger partial charge on any atom is -0.497 e. The van der Waals surface area contributed by atoms with Crippen LogP contribution in [0.4, 0.5) is 17.1 Å². The van der Waals surface area contributed by atoms with Crippen LogP contribution in [0.25, 0.3) is 0 Å². The molecule has 1 aliphatic rings. The van der Waals surface area contributed by atoms with E-state index >= 15 is 0 Å². The Kier molecular flexibility index (Phi) is 6.98. The highest BCUT2D eigenvalue weighted by molar-refractivity contribution is 6.53. The zero-order valence-electron chi connectivity index (χ0n) is 20.1. The molecule has 0 aromatic heterocycles. The number of imide groups is 1. The van der Waals surface area contributed by atoms with Crippen LogP contribution < -0.4 is 25.0 Å². The van der Waals surface area contributed by atoms with Crippen LogP contribution in [0.3, 0.4) is 0 Å². The summed E-state index contributed by atoms with van der Waals surface area (Å²) in [6.45, 7) is 3.72. The highest BCUT2D eigenvalue weighted by atomic mass is 35.5. The number of amides is 3. The smallest absolute Gasteiger partial charge is 0.283 e. The second-order valence-corrected chi connectivity index (χ2v) is 8.52. The molecule has 0 atom stereocenters. The van der Waals surface area contributed by atoms with E-state index < -0.39 is 17.7 Å². The van der Waals surface area contributed by atoms with Crippen molar-refractivity contribution in [2.24, 2.45) is 0 Å². The number of halogens is 1. The van der Waals surface area contributed by atoms with E-state index in [-0.39, 0.29) is 10.7 Å². The molecule has 3 aromatic carbocycles. The van der Waals surface area contributed by atoms with Crippen molar-refractivity contribution >= 4 is 46.4 Å². The maximum atomic E-state index is 13.1. The molecule has 9 heteroatoms. The van der Waals surface area contributed by atoms with E-state index in [4.69, 9.17) is 21.1 Å². The summed E-state index contributed by atoms with van der Waals surface area (Å²) in [5.74, 6) is -0.558. The van der Waals surface area contributed by atoms with Gasteiger partial charge in [-0.05, 0) is 55.8 Å². The number of hydrogen-bond acceptors (Lipinski definition) is 6. The zero-order chi connectivity index (χ0) is 26.0. The number of rotatable bonds is 7. The molecule has 2 N–H and O–H groups in total. The second kappa shape index (κ2) is 10.1. The molecule has 1 aliphatic heterocycles. The van der Waals surface area contributed by atoms with E-state index in [9.17, 15) is 14.4 Å². The van der Waals surface area contributed by atoms with Gasteiger partial charge in [-0.1, -0.05) is 35.4 Å². The van der Waals surface area contributed by atoms with Crippen molar-refractivity contribution in [1.82, 2.24) is 0 Å². The maximum absolute atomic E-state index is 13.1. The van der Waals surface area contributed by atoms with Gasteiger partial charge in [-0.25, -0.2) is 4.90 Å². The molecule has 0 unspecified atom stereocenters. The molecular weight excluding hydrogens is 482 g/mol. The fourth-order valence-corrected chi connectivity index (χ4v) is 3.88. The van der Waals surface area contributed by atoms with Gasteiger partial charge in [-0.2, -0.15) is 0 Å². The van der Waals surface area contributed by atoms with Gasteiger partial charge in [0.15, 0.2) is 0 Å². The first kappa shape index (κ1) is 24.8. The highest BCUT2D eigenvalue weighted by Gasteiger charge is 2.39. The number of nitrogens with one attached hydrogen (secondary N) is 2. The van der Waals surface area contributed by atoms with Gasteiger partial charge in [0.25, 0.3) is 17.7 Å². The molecule has 36 heavy (non-hydrogen) atoms. The zero-order valence-corrected chi connectivity index (χ0v) is 20.9. The summed E-state index contributed by atoms with van der Waals surface area (Å²) in [7, 11) is 3.04. The average molecular weight is 506 g/mol. The van der Waals surface area contributed by atoms with E-state index in [2.05, 4.69) is 10.6 Å². The van der Waals surface area contributed by atoms with Crippen molar-refractivity contribution in [2.45, 2.75) is 13.8 Å². The predicted molar refractivity (Wildman–Crippen MR) is 139 cm³/mol. The minimum absolute atomic E-state index is 0.0558. The van der Waals surface area contributed by atoms with Crippen LogP contribution in [0, 0.1) is 13.8 Å². The molecule has 0 radical (unpaired) electrons. The summed E-state index contributed by atoms with van der Waals surface area (Å²) in [4.78, 5) is 39.9. The summed E-state index contributed by atoms with van der Waals surface area (Å²) in [5, 5.41) is 5.55. The van der Waals surface area contributed by atoms with Crippen molar-refractivity contribution in [1.29, 1.82) is 0 Å². The summed E-state index contributed by atoms with van der Waals surface area (Å²) in [6, 6.07) is 17.0. The standard InChI is InChI=1S/C27H24ClN3O5/c1-15-5-9-18(10-6-15)31-26(33)23(28)24(27(31)34)29-21-13-17(8-7-16(21)2)25(32)30-20-12-11-19(35-3)14-22(20)36-4/h5-14,29H,1-4H3,(H,30,32). The number of nitrogens with zero attached hydrogens (tertiary/aromatic N) is 1.